The van der Waals surface area contributed by atoms with Gasteiger partial charge in [0.25, 0.3) is 0 Å². The number of aliphatic carboxylic acids is 2. The highest BCUT2D eigenvalue weighted by Gasteiger charge is 2.43. The summed E-state index contributed by atoms with van der Waals surface area (Å²) in [5, 5.41) is 61.3. The van der Waals surface area contributed by atoms with Crippen molar-refractivity contribution in [3.63, 3.8) is 0 Å². The third-order valence-corrected chi connectivity index (χ3v) is 27.6. The van der Waals surface area contributed by atoms with E-state index in [1.54, 1.807) is 108 Å². The zero-order valence-electron chi connectivity index (χ0n) is 78.7. The fourth-order valence-electron chi connectivity index (χ4n) is 16.9. The molecule has 0 unspecified atom stereocenters. The Bertz CT molecular complexity index is 5710. The fraction of sp³-hybridized carbons (Fsp3) is 0.464. The first-order valence-electron chi connectivity index (χ1n) is 46.5. The molecule has 750 valence electrons. The number of benzene rings is 5. The van der Waals surface area contributed by atoms with Crippen LogP contribution in [0.2, 0.25) is 0 Å². The van der Waals surface area contributed by atoms with Gasteiger partial charge in [-0.3, -0.25) is 86.3 Å². The third kappa shape index (κ3) is 30.6. The molecule has 4 aliphatic rings. The van der Waals surface area contributed by atoms with Crippen LogP contribution in [-0.2, 0) is 138 Å². The maximum absolute atomic E-state index is 15.7. The molecule has 7 aromatic rings. The van der Waals surface area contributed by atoms with Crippen molar-refractivity contribution < 1.29 is 102 Å². The Morgan fingerprint density at radius 2 is 0.907 bits per heavy atom. The summed E-state index contributed by atoms with van der Waals surface area (Å²) in [6.45, 7) is 7.97. The van der Waals surface area contributed by atoms with Crippen LogP contribution in [0.1, 0.15) is 137 Å². The maximum Gasteiger partial charge on any atom is 0.305 e. The molecule has 5 aromatic carbocycles. The van der Waals surface area contributed by atoms with Gasteiger partial charge in [0.1, 0.15) is 66.5 Å². The second-order valence-electron chi connectivity index (χ2n) is 36.1. The summed E-state index contributed by atoms with van der Waals surface area (Å²) in [6, 6.07) is 16.9. The first kappa shape index (κ1) is 107. The minimum absolute atomic E-state index is 0.0177. The first-order valence-corrected chi connectivity index (χ1v) is 50.0. The smallest absolute Gasteiger partial charge is 0.305 e. The predicted molar refractivity (Wildman–Crippen MR) is 522 cm³/mol. The molecular formula is C97H123N19O21S3. The number of fused-ring (bicyclic) bond motifs is 12. The second kappa shape index (κ2) is 51.0. The normalized spacial score (nSPS) is 23.6. The summed E-state index contributed by atoms with van der Waals surface area (Å²) in [5.41, 5.74) is 18.1. The van der Waals surface area contributed by atoms with Crippen molar-refractivity contribution in [1.82, 2.24) is 88.1 Å². The van der Waals surface area contributed by atoms with Crippen LogP contribution in [0.4, 0.5) is 0 Å². The van der Waals surface area contributed by atoms with Crippen LogP contribution in [0, 0.1) is 11.8 Å². The molecule has 0 spiro atoms. The average Bonchev–Trinajstić information content (AvgIpc) is 1.65. The zero-order valence-corrected chi connectivity index (χ0v) is 81.1. The molecule has 0 aliphatic carbocycles. The Morgan fingerprint density at radius 3 is 1.38 bits per heavy atom. The summed E-state index contributed by atoms with van der Waals surface area (Å²) in [7, 11) is 0. The number of hydrogen-bond acceptors (Lipinski definition) is 23. The monoisotopic (exact) mass is 1990 g/mol. The van der Waals surface area contributed by atoms with Crippen LogP contribution in [0.3, 0.4) is 0 Å². The van der Waals surface area contributed by atoms with Gasteiger partial charge < -0.3 is 115 Å². The predicted octanol–water partition coefficient (Wildman–Crippen LogP) is 1.25. The van der Waals surface area contributed by atoms with Crippen molar-refractivity contribution in [3.05, 3.63) is 178 Å². The number of carbonyl (C=O) groups is 18. The number of hydrogen-bond donors (Lipinski definition) is 18. The van der Waals surface area contributed by atoms with Gasteiger partial charge in [-0.2, -0.15) is 35.3 Å². The average molecular weight is 1990 g/mol. The standard InChI is InChI=1S/C97H123N19O21S3/c1-53(2)83-95(135)106-72(40-82(124)125)88(128)102-43-77(118)103-70(38-63-41-100-67-23-9-7-21-65(63)67)90(130)111-84(54(3)4)97(137)116-31-14-25-76(116)94(134)107-73(86(99)126)50-138-32-28-78(119)113-44-57-15-11-17-59(35-57)46-114-47-61-19-13-20-62(37-61)49-115(48-60-18-12-16-58(36-60)45-113)80(121)30-34-140-52-75(108-87(127)55(5)98)93(133)112-85(56(6)117)96(136)104-69(26-27-81(122)123)89(129)109-74(51-139-33-29-79(114)120)92(132)105-71(91(131)110-83)39-64-42-101-68-24-10-8-22-66(64)68/h7-13,15-24,35-37,41-42,53-56,69-76,83-85,100-101,117H,14,25-34,38-40,43-52,98H2,1-6H3,(H2,99,126)(H,102,128)(H,103,118)(H,104,136)(H,105,132)(H,106,135)(H,107,134)(H,108,127)(H,109,129)(H,110,131)(H,111,130)(H,112,133)(H,122,123)(H,124,125)/t55-,56+,69-,70-,71-,72-,73-,74-,75-,76-,83-,84-,85-/m0/s1. The van der Waals surface area contributed by atoms with Crippen molar-refractivity contribution in [2.45, 2.75) is 224 Å². The number of rotatable bonds is 15. The quantitative estimate of drug-likeness (QED) is 0.0687. The van der Waals surface area contributed by atoms with E-state index in [2.05, 4.69) is 68.5 Å². The number of primary amides is 1. The van der Waals surface area contributed by atoms with Crippen molar-refractivity contribution in [1.29, 1.82) is 0 Å². The Hall–Kier alpha value is -13.4. The number of carboxylic acids is 2. The van der Waals surface area contributed by atoms with E-state index in [9.17, 15) is 68.1 Å². The highest BCUT2D eigenvalue weighted by atomic mass is 32.2. The Balaban J connectivity index is 0.996. The number of H-pyrrole nitrogens is 2. The molecule has 0 saturated carbocycles. The Kier molecular flexibility index (Phi) is 39.0. The number of aromatic nitrogens is 2. The van der Waals surface area contributed by atoms with Gasteiger partial charge >= 0.3 is 11.9 Å². The largest absolute Gasteiger partial charge is 0.481 e. The van der Waals surface area contributed by atoms with E-state index in [0.717, 1.165) is 42.2 Å². The molecule has 1 saturated heterocycles. The number of nitrogens with two attached hydrogens (primary N) is 2. The summed E-state index contributed by atoms with van der Waals surface area (Å²) in [5.74, 6) is -19.6. The van der Waals surface area contributed by atoms with Crippen LogP contribution in [-0.4, -0.2) is 278 Å². The summed E-state index contributed by atoms with van der Waals surface area (Å²) >= 11 is 3.21. The molecule has 20 N–H and O–H groups in total. The van der Waals surface area contributed by atoms with Crippen molar-refractivity contribution in [2.24, 2.45) is 23.3 Å². The van der Waals surface area contributed by atoms with Gasteiger partial charge in [-0.05, 0) is 102 Å². The van der Waals surface area contributed by atoms with E-state index >= 15 is 33.6 Å². The molecule has 2 aromatic heterocycles. The van der Waals surface area contributed by atoms with Crippen LogP contribution in [0.5, 0.6) is 0 Å². The molecule has 43 heteroatoms. The number of nitrogens with zero attached hydrogens (tertiary/aromatic N) is 4. The molecule has 0 radical (unpaired) electrons. The van der Waals surface area contributed by atoms with E-state index in [-0.39, 0.29) is 125 Å². The van der Waals surface area contributed by atoms with Gasteiger partial charge in [-0.25, -0.2) is 0 Å². The molecule has 140 heavy (non-hydrogen) atoms. The Morgan fingerprint density at radius 1 is 0.464 bits per heavy atom. The number of carbonyl (C=O) groups excluding carboxylic acids is 16. The van der Waals surface area contributed by atoms with Crippen molar-refractivity contribution >= 4 is 164 Å². The number of nitrogens with one attached hydrogen (secondary N) is 13. The lowest BCUT2D eigenvalue weighted by Gasteiger charge is -2.32. The van der Waals surface area contributed by atoms with Crippen LogP contribution >= 0.6 is 35.3 Å². The highest BCUT2D eigenvalue weighted by molar-refractivity contribution is 7.99. The van der Waals surface area contributed by atoms with Gasteiger partial charge in [0.2, 0.25) is 94.5 Å². The van der Waals surface area contributed by atoms with Crippen molar-refractivity contribution in [2.75, 3.05) is 47.6 Å². The SMILES string of the molecule is CC(C)[C@@H]1NC(=O)[C@H](Cc2c[nH]c3ccccc23)NC(=O)[C@@H]2CSCCC(=O)N3Cc4cccc(c4)CN(Cc4cccc(c4)CN(Cc4cccc(c4)C3)C(=O)CCSC[C@H](NC(=O)[C@H](C)N)C(=O)N[C@@H]([C@@H](C)O)C(=O)N[C@@H](CCC(=O)O)C(=O)N2)C(=O)CCSC[C@@H](C(N)=O)NC(=O)[C@@H]2CCCN2C(=O)[C@H](C(C)C)NC(=O)[C@H](Cc2c[nH]c3ccccc23)NC(=O)CNC(=O)[C@H](CC(=O)O)NC1=O. The minimum Gasteiger partial charge on any atom is -0.481 e. The van der Waals surface area contributed by atoms with Gasteiger partial charge in [-0.1, -0.05) is 137 Å². The fourth-order valence-corrected chi connectivity index (χ4v) is 19.7. The number of aliphatic hydroxyl groups is 1. The lowest BCUT2D eigenvalue weighted by molar-refractivity contribution is -0.143. The molecule has 13 atom stereocenters. The highest BCUT2D eigenvalue weighted by Crippen LogP contribution is 2.28. The summed E-state index contributed by atoms with van der Waals surface area (Å²) in [6.07, 6.45) is -1.81. The number of thioether (sulfide) groups is 3. The lowest BCUT2D eigenvalue weighted by atomic mass is 9.99. The maximum atomic E-state index is 15.7. The summed E-state index contributed by atoms with van der Waals surface area (Å²) in [4.78, 5) is 274. The van der Waals surface area contributed by atoms with Crippen molar-refractivity contribution in [3.8, 4) is 0 Å². The van der Waals surface area contributed by atoms with Gasteiger partial charge in [-0.15, -0.1) is 0 Å². The zero-order chi connectivity index (χ0) is 101. The molecule has 10 bridgehead atoms. The third-order valence-electron chi connectivity index (χ3n) is 24.4. The first-order chi connectivity index (χ1) is 66.8. The van der Waals surface area contributed by atoms with E-state index in [1.807, 2.05) is 54.6 Å². The molecule has 11 rings (SSSR count). The molecule has 6 heterocycles. The van der Waals surface area contributed by atoms with E-state index in [4.69, 9.17) is 11.5 Å². The second-order valence-corrected chi connectivity index (χ2v) is 39.6. The topological polar surface area (TPSA) is 597 Å². The molecule has 4 aliphatic heterocycles. The number of para-hydroxylation sites is 2. The Labute approximate surface area is 821 Å². The van der Waals surface area contributed by atoms with Gasteiger partial charge in [0.05, 0.1) is 25.1 Å². The van der Waals surface area contributed by atoms with Crippen LogP contribution in [0.25, 0.3) is 21.8 Å². The molecule has 40 nitrogen and oxygen atoms in total. The van der Waals surface area contributed by atoms with Gasteiger partial charge in [0, 0.05) is 153 Å². The molecular weight excluding hydrogens is 1860 g/mol. The van der Waals surface area contributed by atoms with E-state index in [1.165, 1.54) is 25.7 Å². The van der Waals surface area contributed by atoms with E-state index in [0.29, 0.717) is 72.7 Å². The lowest BCUT2D eigenvalue weighted by Crippen LogP contribution is -2.62. The summed E-state index contributed by atoms with van der Waals surface area (Å²) < 4.78 is 0. The van der Waals surface area contributed by atoms with E-state index < -0.39 is 217 Å². The number of amides is 16. The molecule has 16 amide bonds. The number of aliphatic hydroxyl groups excluding tert-OH is 1. The molecule has 1 fully saturated rings. The van der Waals surface area contributed by atoms with Crippen LogP contribution in [0.15, 0.2) is 134 Å². The van der Waals surface area contributed by atoms with Gasteiger partial charge in [0.15, 0.2) is 0 Å². The van der Waals surface area contributed by atoms with Crippen LogP contribution < -0.4 is 70.0 Å². The number of aromatic amines is 2. The minimum atomic E-state index is -1.98. The number of carboxylic acid groups (broad SMARTS) is 2.